The van der Waals surface area contributed by atoms with Gasteiger partial charge in [0.2, 0.25) is 11.8 Å². The number of oxazole rings is 1. The maximum absolute atomic E-state index is 13.5. The SMILES string of the molecule is Cc1oc2nc1C(=O)N[C@@H](C(C)C)c1nc(cs1)C(=O)NCCN(Cc1ccccc1C(=O)O)CCCC(=O)N[C@H]2Cc1ccccc1. The quantitative estimate of drug-likeness (QED) is 0.227. The van der Waals surface area contributed by atoms with Crippen molar-refractivity contribution < 1.29 is 28.7 Å². The largest absolute Gasteiger partial charge is 0.478 e. The van der Waals surface area contributed by atoms with Crippen LogP contribution in [-0.4, -0.2) is 63.3 Å². The Kier molecular flexibility index (Phi) is 11.3. The molecule has 3 heterocycles. The van der Waals surface area contributed by atoms with E-state index in [-0.39, 0.29) is 53.5 Å². The van der Waals surface area contributed by atoms with E-state index < -0.39 is 24.0 Å². The van der Waals surface area contributed by atoms with Gasteiger partial charge in [0.05, 0.1) is 11.6 Å². The molecule has 5 rings (SSSR count). The lowest BCUT2D eigenvalue weighted by Crippen LogP contribution is -2.36. The summed E-state index contributed by atoms with van der Waals surface area (Å²) in [7, 11) is 0. The number of nitrogens with zero attached hydrogens (tertiary/aromatic N) is 3. The Balaban J connectivity index is 1.44. The molecule has 12 nitrogen and oxygen atoms in total. The van der Waals surface area contributed by atoms with E-state index >= 15 is 0 Å². The molecule has 4 aromatic rings. The molecule has 0 radical (unpaired) electrons. The minimum absolute atomic E-state index is 0.0482. The number of aromatic carboxylic acids is 1. The van der Waals surface area contributed by atoms with Crippen molar-refractivity contribution in [3.8, 4) is 0 Å². The van der Waals surface area contributed by atoms with Gasteiger partial charge in [0.25, 0.3) is 11.8 Å². The van der Waals surface area contributed by atoms with Gasteiger partial charge >= 0.3 is 5.97 Å². The number of fused-ring (bicyclic) bond motifs is 4. The molecule has 2 atom stereocenters. The first kappa shape index (κ1) is 34.5. The molecule has 0 spiro atoms. The fraction of sp³-hybridized carbons (Fsp3) is 0.371. The first-order valence-electron chi connectivity index (χ1n) is 16.0. The zero-order valence-electron chi connectivity index (χ0n) is 27.2. The maximum Gasteiger partial charge on any atom is 0.336 e. The van der Waals surface area contributed by atoms with Crippen LogP contribution in [0.4, 0.5) is 0 Å². The van der Waals surface area contributed by atoms with Crippen molar-refractivity contribution in [3.05, 3.63) is 105 Å². The van der Waals surface area contributed by atoms with Gasteiger partial charge in [-0.05, 0) is 43.0 Å². The van der Waals surface area contributed by atoms with E-state index in [9.17, 15) is 24.3 Å². The Morgan fingerprint density at radius 3 is 2.52 bits per heavy atom. The standard InChI is InChI=1S/C35H40N6O6S/c1-21(2)29-34-38-27(20-48-34)31(43)36-15-17-41(19-24-12-7-8-13-25(24)35(45)46)16-9-14-28(42)37-26(18-23-10-5-4-6-11-23)33-40-30(22(3)47-33)32(44)39-29/h4-8,10-13,20-21,26,29H,9,14-19H2,1-3H3,(H,36,43)(H,37,42)(H,39,44)(H,45,46)/t26-,29-/m0/s1. The van der Waals surface area contributed by atoms with E-state index in [1.54, 1.807) is 36.6 Å². The lowest BCUT2D eigenvalue weighted by molar-refractivity contribution is -0.122. The number of hydrogen-bond acceptors (Lipinski definition) is 9. The lowest BCUT2D eigenvalue weighted by atomic mass is 10.0. The highest BCUT2D eigenvalue weighted by Gasteiger charge is 2.29. The van der Waals surface area contributed by atoms with Gasteiger partial charge in [-0.1, -0.05) is 62.4 Å². The van der Waals surface area contributed by atoms with Crippen LogP contribution < -0.4 is 16.0 Å². The number of hydrogen-bond donors (Lipinski definition) is 4. The van der Waals surface area contributed by atoms with Gasteiger partial charge in [-0.3, -0.25) is 19.3 Å². The maximum atomic E-state index is 13.5. The van der Waals surface area contributed by atoms with E-state index in [1.807, 2.05) is 49.1 Å². The summed E-state index contributed by atoms with van der Waals surface area (Å²) < 4.78 is 6.01. The van der Waals surface area contributed by atoms with E-state index in [1.165, 1.54) is 11.3 Å². The van der Waals surface area contributed by atoms with Crippen LogP contribution in [-0.2, 0) is 17.8 Å². The summed E-state index contributed by atoms with van der Waals surface area (Å²) in [5, 5.41) is 21.0. The van der Waals surface area contributed by atoms with Crippen LogP contribution in [0.2, 0.25) is 0 Å². The average Bonchev–Trinajstić information content (AvgIpc) is 3.70. The minimum atomic E-state index is -1.02. The summed E-state index contributed by atoms with van der Waals surface area (Å²) in [6.07, 6.45) is 1.05. The van der Waals surface area contributed by atoms with E-state index in [4.69, 9.17) is 4.42 Å². The number of aromatic nitrogens is 2. The van der Waals surface area contributed by atoms with Crippen molar-refractivity contribution in [2.75, 3.05) is 19.6 Å². The fourth-order valence-corrected chi connectivity index (χ4v) is 6.63. The fourth-order valence-electron chi connectivity index (χ4n) is 5.61. The highest BCUT2D eigenvalue weighted by molar-refractivity contribution is 7.09. The number of carbonyl (C=O) groups is 4. The number of aryl methyl sites for hydroxylation is 1. The van der Waals surface area contributed by atoms with Gasteiger partial charge in [0.1, 0.15) is 22.5 Å². The molecule has 3 amide bonds. The Labute approximate surface area is 283 Å². The molecule has 0 saturated heterocycles. The Hall–Kier alpha value is -4.88. The summed E-state index contributed by atoms with van der Waals surface area (Å²) in [4.78, 5) is 63.0. The molecule has 13 heteroatoms. The topological polar surface area (TPSA) is 167 Å². The first-order chi connectivity index (χ1) is 23.1. The van der Waals surface area contributed by atoms with E-state index in [0.29, 0.717) is 48.8 Å². The second kappa shape index (κ2) is 15.8. The van der Waals surface area contributed by atoms with Crippen LogP contribution in [0.15, 0.2) is 64.4 Å². The number of carbonyl (C=O) groups excluding carboxylic acids is 3. The second-order valence-corrected chi connectivity index (χ2v) is 13.0. The molecule has 0 fully saturated rings. The van der Waals surface area contributed by atoms with Crippen molar-refractivity contribution in [1.82, 2.24) is 30.8 Å². The zero-order chi connectivity index (χ0) is 34.2. The van der Waals surface area contributed by atoms with Gasteiger partial charge in [0, 0.05) is 37.9 Å². The molecule has 1 aliphatic rings. The average molecular weight is 673 g/mol. The first-order valence-corrected chi connectivity index (χ1v) is 16.9. The van der Waals surface area contributed by atoms with Crippen LogP contribution in [0.25, 0.3) is 0 Å². The molecule has 1 aliphatic heterocycles. The molecule has 4 bridgehead atoms. The number of thiazole rings is 1. The monoisotopic (exact) mass is 672 g/mol. The third kappa shape index (κ3) is 8.72. The predicted octanol–water partition coefficient (Wildman–Crippen LogP) is 4.69. The van der Waals surface area contributed by atoms with E-state index in [0.717, 1.165) is 5.56 Å². The normalized spacial score (nSPS) is 18.5. The molecule has 4 N–H and O–H groups in total. The van der Waals surface area contributed by atoms with Crippen LogP contribution in [0.5, 0.6) is 0 Å². The van der Waals surface area contributed by atoms with Gasteiger partial charge < -0.3 is 25.5 Å². The number of carboxylic acid groups (broad SMARTS) is 1. The number of nitrogens with one attached hydrogen (secondary N) is 3. The second-order valence-electron chi connectivity index (χ2n) is 12.1. The smallest absolute Gasteiger partial charge is 0.336 e. The molecule has 252 valence electrons. The summed E-state index contributed by atoms with van der Waals surface area (Å²) in [5.41, 5.74) is 2.16. The molecule has 0 unspecified atom stereocenters. The van der Waals surface area contributed by atoms with Crippen molar-refractivity contribution in [1.29, 1.82) is 0 Å². The van der Waals surface area contributed by atoms with Crippen molar-refractivity contribution in [2.24, 2.45) is 5.92 Å². The van der Waals surface area contributed by atoms with Gasteiger partial charge in [-0.25, -0.2) is 14.8 Å². The molecule has 2 aromatic heterocycles. The summed E-state index contributed by atoms with van der Waals surface area (Å²) >= 11 is 1.29. The zero-order valence-corrected chi connectivity index (χ0v) is 28.0. The lowest BCUT2D eigenvalue weighted by Gasteiger charge is -2.23. The van der Waals surface area contributed by atoms with Gasteiger partial charge in [-0.2, -0.15) is 0 Å². The molecule has 48 heavy (non-hydrogen) atoms. The Morgan fingerprint density at radius 2 is 1.77 bits per heavy atom. The highest BCUT2D eigenvalue weighted by Crippen LogP contribution is 2.27. The van der Waals surface area contributed by atoms with Crippen LogP contribution in [0.3, 0.4) is 0 Å². The van der Waals surface area contributed by atoms with Crippen molar-refractivity contribution in [2.45, 2.75) is 58.7 Å². The van der Waals surface area contributed by atoms with Crippen LogP contribution >= 0.6 is 11.3 Å². The van der Waals surface area contributed by atoms with Gasteiger partial charge in [-0.15, -0.1) is 11.3 Å². The molecule has 0 aliphatic carbocycles. The van der Waals surface area contributed by atoms with Crippen molar-refractivity contribution >= 4 is 35.0 Å². The number of amides is 3. The Morgan fingerprint density at radius 1 is 1.02 bits per heavy atom. The summed E-state index contributed by atoms with van der Waals surface area (Å²) in [5.74, 6) is -1.53. The minimum Gasteiger partial charge on any atom is -0.478 e. The molecule has 2 aromatic carbocycles. The Bertz CT molecular complexity index is 1750. The molecular weight excluding hydrogens is 632 g/mol. The summed E-state index contributed by atoms with van der Waals surface area (Å²) in [6.45, 7) is 7.06. The van der Waals surface area contributed by atoms with Gasteiger partial charge in [0.15, 0.2) is 5.69 Å². The van der Waals surface area contributed by atoms with Crippen LogP contribution in [0.1, 0.15) is 97.9 Å². The van der Waals surface area contributed by atoms with E-state index in [2.05, 4.69) is 25.9 Å². The molecular formula is C35H40N6O6S. The number of carboxylic acids is 1. The number of benzene rings is 2. The number of rotatable bonds is 6. The van der Waals surface area contributed by atoms with Crippen molar-refractivity contribution in [3.63, 3.8) is 0 Å². The highest BCUT2D eigenvalue weighted by atomic mass is 32.1. The third-order valence-corrected chi connectivity index (χ3v) is 9.08. The summed E-state index contributed by atoms with van der Waals surface area (Å²) in [6, 6.07) is 15.3. The third-order valence-electron chi connectivity index (χ3n) is 8.15. The van der Waals surface area contributed by atoms with Crippen LogP contribution in [0, 0.1) is 12.8 Å². The predicted molar refractivity (Wildman–Crippen MR) is 180 cm³/mol. The molecule has 0 saturated carbocycles.